The maximum atomic E-state index is 5.91. The Kier molecular flexibility index (Phi) is 3.41. The van der Waals surface area contributed by atoms with E-state index in [0.717, 1.165) is 18.8 Å². The van der Waals surface area contributed by atoms with Gasteiger partial charge in [-0.15, -0.1) is 11.3 Å². The van der Waals surface area contributed by atoms with Gasteiger partial charge in [-0.3, -0.25) is 4.90 Å². The lowest BCUT2D eigenvalue weighted by atomic mass is 10.1. The van der Waals surface area contributed by atoms with Crippen molar-refractivity contribution in [3.05, 3.63) is 16.6 Å². The number of likely N-dealkylation sites (N-methyl/N-ethyl adjacent to an activating group) is 1. The van der Waals surface area contributed by atoms with Gasteiger partial charge in [0.25, 0.3) is 0 Å². The van der Waals surface area contributed by atoms with Gasteiger partial charge in [-0.25, -0.2) is 4.98 Å². The predicted octanol–water partition coefficient (Wildman–Crippen LogP) is 1.31. The minimum atomic E-state index is -0.134. The summed E-state index contributed by atoms with van der Waals surface area (Å²) in [6.07, 6.45) is 0. The summed E-state index contributed by atoms with van der Waals surface area (Å²) in [5.74, 6) is 0. The van der Waals surface area contributed by atoms with Crippen LogP contribution in [0.5, 0.6) is 0 Å². The maximum absolute atomic E-state index is 5.91. The first-order valence-corrected chi connectivity index (χ1v) is 5.26. The highest BCUT2D eigenvalue weighted by Crippen LogP contribution is 2.06. The van der Waals surface area contributed by atoms with Crippen LogP contribution >= 0.6 is 11.3 Å². The second kappa shape index (κ2) is 4.17. The van der Waals surface area contributed by atoms with Gasteiger partial charge < -0.3 is 5.73 Å². The highest BCUT2D eigenvalue weighted by Gasteiger charge is 2.14. The van der Waals surface area contributed by atoms with Crippen molar-refractivity contribution in [3.63, 3.8) is 0 Å². The monoisotopic (exact) mass is 199 g/mol. The van der Waals surface area contributed by atoms with E-state index in [2.05, 4.69) is 22.3 Å². The van der Waals surface area contributed by atoms with Crippen LogP contribution in [0.25, 0.3) is 0 Å². The number of hydrogen-bond donors (Lipinski definition) is 1. The molecule has 0 saturated heterocycles. The fourth-order valence-corrected chi connectivity index (χ4v) is 1.89. The minimum absolute atomic E-state index is 0.134. The van der Waals surface area contributed by atoms with Crippen molar-refractivity contribution >= 4 is 11.3 Å². The molecule has 4 heteroatoms. The first kappa shape index (κ1) is 10.6. The number of nitrogens with two attached hydrogens (primary N) is 1. The first-order valence-electron chi connectivity index (χ1n) is 4.32. The van der Waals surface area contributed by atoms with Gasteiger partial charge in [0, 0.05) is 24.0 Å². The molecule has 0 atom stereocenters. The zero-order valence-corrected chi connectivity index (χ0v) is 9.27. The van der Waals surface area contributed by atoms with E-state index in [1.54, 1.807) is 11.3 Å². The quantitative estimate of drug-likeness (QED) is 0.795. The fraction of sp³-hybridized carbons (Fsp3) is 0.667. The zero-order valence-electron chi connectivity index (χ0n) is 8.45. The minimum Gasteiger partial charge on any atom is -0.324 e. The van der Waals surface area contributed by atoms with Crippen LogP contribution in [0.2, 0.25) is 0 Å². The molecule has 0 fully saturated rings. The average Bonchev–Trinajstić information content (AvgIpc) is 2.34. The Balaban J connectivity index is 2.38. The smallest absolute Gasteiger partial charge is 0.0795 e. The molecule has 0 aromatic carbocycles. The number of nitrogens with zero attached hydrogens (tertiary/aromatic N) is 2. The van der Waals surface area contributed by atoms with Crippen LogP contribution in [0.3, 0.4) is 0 Å². The Hall–Kier alpha value is -0.450. The number of rotatable bonds is 4. The summed E-state index contributed by atoms with van der Waals surface area (Å²) in [6, 6.07) is 0. The Morgan fingerprint density at radius 2 is 2.31 bits per heavy atom. The molecule has 1 aromatic heterocycles. The van der Waals surface area contributed by atoms with Crippen LogP contribution in [0, 0.1) is 0 Å². The van der Waals surface area contributed by atoms with Gasteiger partial charge in [0.15, 0.2) is 0 Å². The van der Waals surface area contributed by atoms with Crippen molar-refractivity contribution in [1.82, 2.24) is 9.88 Å². The lowest BCUT2D eigenvalue weighted by molar-refractivity contribution is 0.261. The van der Waals surface area contributed by atoms with E-state index in [1.165, 1.54) is 0 Å². The summed E-state index contributed by atoms with van der Waals surface area (Å²) >= 11 is 1.63. The third-order valence-electron chi connectivity index (χ3n) is 1.59. The van der Waals surface area contributed by atoms with E-state index in [-0.39, 0.29) is 5.54 Å². The van der Waals surface area contributed by atoms with Crippen LogP contribution in [-0.2, 0) is 6.54 Å². The molecule has 0 amide bonds. The van der Waals surface area contributed by atoms with Gasteiger partial charge in [0.2, 0.25) is 0 Å². The Labute approximate surface area is 83.6 Å². The Bertz CT molecular complexity index is 238. The second-order valence-electron chi connectivity index (χ2n) is 4.14. The van der Waals surface area contributed by atoms with E-state index in [1.807, 2.05) is 19.4 Å². The molecule has 0 spiro atoms. The van der Waals surface area contributed by atoms with E-state index < -0.39 is 0 Å². The largest absolute Gasteiger partial charge is 0.324 e. The molecule has 2 N–H and O–H groups in total. The topological polar surface area (TPSA) is 42.2 Å². The molecule has 0 aliphatic heterocycles. The fourth-order valence-electron chi connectivity index (χ4n) is 1.34. The predicted molar refractivity (Wildman–Crippen MR) is 56.7 cm³/mol. The summed E-state index contributed by atoms with van der Waals surface area (Å²) < 4.78 is 0. The molecule has 0 aliphatic rings. The van der Waals surface area contributed by atoms with Gasteiger partial charge in [-0.05, 0) is 20.9 Å². The van der Waals surface area contributed by atoms with Crippen molar-refractivity contribution in [1.29, 1.82) is 0 Å². The molecule has 13 heavy (non-hydrogen) atoms. The van der Waals surface area contributed by atoms with Crippen LogP contribution in [-0.4, -0.2) is 29.0 Å². The maximum Gasteiger partial charge on any atom is 0.0795 e. The van der Waals surface area contributed by atoms with Gasteiger partial charge in [0.1, 0.15) is 0 Å². The molecule has 0 saturated carbocycles. The lowest BCUT2D eigenvalue weighted by Gasteiger charge is -2.25. The SMILES string of the molecule is CN(Cc1cscn1)CC(C)(C)N. The van der Waals surface area contributed by atoms with Gasteiger partial charge in [-0.2, -0.15) is 0 Å². The number of aromatic nitrogens is 1. The highest BCUT2D eigenvalue weighted by atomic mass is 32.1. The first-order chi connectivity index (χ1) is 5.97. The van der Waals surface area contributed by atoms with Crippen molar-refractivity contribution < 1.29 is 0 Å². The van der Waals surface area contributed by atoms with Gasteiger partial charge >= 0.3 is 0 Å². The van der Waals surface area contributed by atoms with Crippen molar-refractivity contribution in [2.45, 2.75) is 25.9 Å². The Morgan fingerprint density at radius 1 is 1.62 bits per heavy atom. The molecular formula is C9H17N3S. The third kappa shape index (κ3) is 4.36. The van der Waals surface area contributed by atoms with Crippen LogP contribution < -0.4 is 5.73 Å². The summed E-state index contributed by atoms with van der Waals surface area (Å²) in [5, 5.41) is 2.07. The molecule has 0 unspecified atom stereocenters. The van der Waals surface area contributed by atoms with Gasteiger partial charge in [-0.1, -0.05) is 0 Å². The van der Waals surface area contributed by atoms with Crippen molar-refractivity contribution in [2.75, 3.05) is 13.6 Å². The molecule has 0 bridgehead atoms. The van der Waals surface area contributed by atoms with Crippen molar-refractivity contribution in [2.24, 2.45) is 5.73 Å². The normalized spacial score (nSPS) is 12.4. The van der Waals surface area contributed by atoms with E-state index in [9.17, 15) is 0 Å². The molecule has 0 aliphatic carbocycles. The summed E-state index contributed by atoms with van der Waals surface area (Å²) in [5.41, 5.74) is 8.75. The number of hydrogen-bond acceptors (Lipinski definition) is 4. The molecule has 1 aromatic rings. The molecule has 0 radical (unpaired) electrons. The summed E-state index contributed by atoms with van der Waals surface area (Å²) in [7, 11) is 2.06. The molecule has 3 nitrogen and oxygen atoms in total. The standard InChI is InChI=1S/C9H17N3S/c1-9(2,10)6-12(3)4-8-5-13-7-11-8/h5,7H,4,6,10H2,1-3H3. The third-order valence-corrected chi connectivity index (χ3v) is 2.23. The second-order valence-corrected chi connectivity index (χ2v) is 4.86. The van der Waals surface area contributed by atoms with E-state index in [0.29, 0.717) is 0 Å². The average molecular weight is 199 g/mol. The van der Waals surface area contributed by atoms with E-state index >= 15 is 0 Å². The van der Waals surface area contributed by atoms with E-state index in [4.69, 9.17) is 5.73 Å². The molecular weight excluding hydrogens is 182 g/mol. The zero-order chi connectivity index (χ0) is 9.90. The van der Waals surface area contributed by atoms with Gasteiger partial charge in [0.05, 0.1) is 11.2 Å². The number of thiazole rings is 1. The van der Waals surface area contributed by atoms with Crippen LogP contribution in [0.4, 0.5) is 0 Å². The van der Waals surface area contributed by atoms with Crippen molar-refractivity contribution in [3.8, 4) is 0 Å². The summed E-state index contributed by atoms with van der Waals surface area (Å²) in [6.45, 7) is 5.82. The van der Waals surface area contributed by atoms with Crippen LogP contribution in [0.1, 0.15) is 19.5 Å². The molecule has 1 rings (SSSR count). The summed E-state index contributed by atoms with van der Waals surface area (Å²) in [4.78, 5) is 6.41. The lowest BCUT2D eigenvalue weighted by Crippen LogP contribution is -2.43. The molecule has 1 heterocycles. The molecule has 74 valence electrons. The van der Waals surface area contributed by atoms with Crippen LogP contribution in [0.15, 0.2) is 10.9 Å². The highest BCUT2D eigenvalue weighted by molar-refractivity contribution is 7.07. The Morgan fingerprint density at radius 3 is 2.77 bits per heavy atom.